The zero-order chi connectivity index (χ0) is 15.4. The zero-order valence-electron chi connectivity index (χ0n) is 11.6. The summed E-state index contributed by atoms with van der Waals surface area (Å²) in [4.78, 5) is 16.2. The maximum atomic E-state index is 11.9. The monoisotopic (exact) mass is 356 g/mol. The van der Waals surface area contributed by atoms with Gasteiger partial charge < -0.3 is 4.74 Å². The minimum absolute atomic E-state index is 0.224. The lowest BCUT2D eigenvalue weighted by Gasteiger charge is -2.09. The molecule has 0 unspecified atom stereocenters. The van der Waals surface area contributed by atoms with Crippen molar-refractivity contribution in [3.05, 3.63) is 70.8 Å². The van der Waals surface area contributed by atoms with E-state index in [9.17, 15) is 4.79 Å². The molecule has 4 nitrogen and oxygen atoms in total. The molecule has 0 radical (unpaired) electrons. The molecular weight excluding hydrogens is 344 g/mol. The number of amides is 1. The van der Waals surface area contributed by atoms with E-state index < -0.39 is 6.09 Å². The van der Waals surface area contributed by atoms with Crippen LogP contribution in [-0.2, 0) is 11.3 Å². The molecule has 5 heteroatoms. The van der Waals surface area contributed by atoms with Crippen molar-refractivity contribution in [2.75, 3.05) is 5.32 Å². The number of benzene rings is 2. The molecule has 3 aromatic rings. The highest BCUT2D eigenvalue weighted by Crippen LogP contribution is 2.21. The molecule has 0 atom stereocenters. The van der Waals surface area contributed by atoms with E-state index in [4.69, 9.17) is 4.74 Å². The lowest BCUT2D eigenvalue weighted by atomic mass is 10.2. The summed E-state index contributed by atoms with van der Waals surface area (Å²) in [7, 11) is 0. The van der Waals surface area contributed by atoms with Crippen LogP contribution in [0.25, 0.3) is 10.9 Å². The standard InChI is InChI=1S/C17H13BrN2O2/c18-13-8-6-12(7-9-13)11-22-17(21)20-16-5-1-4-15-14(16)3-2-10-19-15/h1-10H,11H2,(H,20,21). The lowest BCUT2D eigenvalue weighted by Crippen LogP contribution is -2.13. The number of halogens is 1. The molecule has 1 amide bonds. The van der Waals surface area contributed by atoms with Gasteiger partial charge in [-0.15, -0.1) is 0 Å². The van der Waals surface area contributed by atoms with E-state index in [1.165, 1.54) is 0 Å². The van der Waals surface area contributed by atoms with Gasteiger partial charge in [-0.05, 0) is 42.0 Å². The fourth-order valence-corrected chi connectivity index (χ4v) is 2.35. The van der Waals surface area contributed by atoms with Gasteiger partial charge in [0.15, 0.2) is 0 Å². The molecule has 0 bridgehead atoms. The number of aromatic nitrogens is 1. The fourth-order valence-electron chi connectivity index (χ4n) is 2.09. The number of hydrogen-bond acceptors (Lipinski definition) is 3. The Kier molecular flexibility index (Phi) is 4.34. The Hall–Kier alpha value is -2.40. The fraction of sp³-hybridized carbons (Fsp3) is 0.0588. The normalized spacial score (nSPS) is 10.4. The Balaban J connectivity index is 1.67. The number of carbonyl (C=O) groups excluding carboxylic acids is 1. The van der Waals surface area contributed by atoms with Crippen LogP contribution in [0.3, 0.4) is 0 Å². The molecule has 0 saturated heterocycles. The van der Waals surface area contributed by atoms with Gasteiger partial charge in [-0.1, -0.05) is 34.1 Å². The molecule has 0 spiro atoms. The molecule has 0 fully saturated rings. The van der Waals surface area contributed by atoms with Crippen molar-refractivity contribution in [1.29, 1.82) is 0 Å². The van der Waals surface area contributed by atoms with Crippen LogP contribution in [0.4, 0.5) is 10.5 Å². The second kappa shape index (κ2) is 6.58. The molecule has 0 aliphatic carbocycles. The first-order valence-corrected chi connectivity index (χ1v) is 7.53. The summed E-state index contributed by atoms with van der Waals surface area (Å²) in [5, 5.41) is 3.64. The summed E-state index contributed by atoms with van der Waals surface area (Å²) in [5.74, 6) is 0. The molecule has 0 saturated carbocycles. The van der Waals surface area contributed by atoms with E-state index in [2.05, 4.69) is 26.2 Å². The van der Waals surface area contributed by atoms with Crippen LogP contribution in [-0.4, -0.2) is 11.1 Å². The summed E-state index contributed by atoms with van der Waals surface area (Å²) >= 11 is 3.37. The number of fused-ring (bicyclic) bond motifs is 1. The topological polar surface area (TPSA) is 51.2 Å². The van der Waals surface area contributed by atoms with E-state index in [1.54, 1.807) is 6.20 Å². The minimum Gasteiger partial charge on any atom is -0.444 e. The summed E-state index contributed by atoms with van der Waals surface area (Å²) < 4.78 is 6.22. The summed E-state index contributed by atoms with van der Waals surface area (Å²) in [6, 6.07) is 16.9. The third-order valence-electron chi connectivity index (χ3n) is 3.17. The van der Waals surface area contributed by atoms with E-state index in [0.29, 0.717) is 5.69 Å². The van der Waals surface area contributed by atoms with E-state index in [0.717, 1.165) is 20.9 Å². The lowest BCUT2D eigenvalue weighted by molar-refractivity contribution is 0.155. The van der Waals surface area contributed by atoms with Crippen LogP contribution in [0, 0.1) is 0 Å². The summed E-state index contributed by atoms with van der Waals surface area (Å²) in [6.45, 7) is 0.224. The first-order valence-electron chi connectivity index (χ1n) is 6.74. The Bertz CT molecular complexity index is 798. The maximum Gasteiger partial charge on any atom is 0.411 e. The second-order valence-electron chi connectivity index (χ2n) is 4.70. The Morgan fingerprint density at radius 1 is 1.09 bits per heavy atom. The Morgan fingerprint density at radius 3 is 2.73 bits per heavy atom. The van der Waals surface area contributed by atoms with Crippen LogP contribution in [0.15, 0.2) is 65.3 Å². The molecule has 0 aliphatic rings. The Morgan fingerprint density at radius 2 is 1.91 bits per heavy atom. The number of carbonyl (C=O) groups is 1. The quantitative estimate of drug-likeness (QED) is 0.736. The Labute approximate surface area is 136 Å². The zero-order valence-corrected chi connectivity index (χ0v) is 13.2. The number of hydrogen-bond donors (Lipinski definition) is 1. The first kappa shape index (κ1) is 14.5. The molecule has 0 aliphatic heterocycles. The van der Waals surface area contributed by atoms with Crippen molar-refractivity contribution in [3.63, 3.8) is 0 Å². The molecule has 1 heterocycles. The highest BCUT2D eigenvalue weighted by Gasteiger charge is 2.07. The van der Waals surface area contributed by atoms with Gasteiger partial charge in [-0.3, -0.25) is 10.3 Å². The molecule has 2 aromatic carbocycles. The summed E-state index contributed by atoms with van der Waals surface area (Å²) in [5.41, 5.74) is 2.44. The number of anilines is 1. The van der Waals surface area contributed by atoms with Crippen LogP contribution in [0.5, 0.6) is 0 Å². The van der Waals surface area contributed by atoms with Crippen LogP contribution in [0.1, 0.15) is 5.56 Å². The maximum absolute atomic E-state index is 11.9. The smallest absolute Gasteiger partial charge is 0.411 e. The van der Waals surface area contributed by atoms with Gasteiger partial charge >= 0.3 is 6.09 Å². The largest absolute Gasteiger partial charge is 0.444 e. The number of rotatable bonds is 3. The number of pyridine rings is 1. The molecule has 110 valence electrons. The van der Waals surface area contributed by atoms with E-state index in [1.807, 2.05) is 54.6 Å². The van der Waals surface area contributed by atoms with Gasteiger partial charge in [-0.25, -0.2) is 4.79 Å². The van der Waals surface area contributed by atoms with E-state index >= 15 is 0 Å². The minimum atomic E-state index is -0.487. The second-order valence-corrected chi connectivity index (χ2v) is 5.62. The van der Waals surface area contributed by atoms with Gasteiger partial charge in [0.2, 0.25) is 0 Å². The third kappa shape index (κ3) is 3.43. The average Bonchev–Trinajstić information content (AvgIpc) is 2.55. The van der Waals surface area contributed by atoms with Crippen molar-refractivity contribution < 1.29 is 9.53 Å². The molecule has 3 rings (SSSR count). The number of ether oxygens (including phenoxy) is 1. The van der Waals surface area contributed by atoms with Gasteiger partial charge in [0, 0.05) is 16.1 Å². The SMILES string of the molecule is O=C(Nc1cccc2ncccc12)OCc1ccc(Br)cc1. The predicted molar refractivity (Wildman–Crippen MR) is 89.7 cm³/mol. The van der Waals surface area contributed by atoms with Gasteiger partial charge in [-0.2, -0.15) is 0 Å². The van der Waals surface area contributed by atoms with E-state index in [-0.39, 0.29) is 6.61 Å². The highest BCUT2D eigenvalue weighted by atomic mass is 79.9. The molecule has 1 N–H and O–H groups in total. The van der Waals surface area contributed by atoms with Gasteiger partial charge in [0.1, 0.15) is 6.61 Å². The van der Waals surface area contributed by atoms with Gasteiger partial charge in [0.05, 0.1) is 11.2 Å². The van der Waals surface area contributed by atoms with Crippen molar-refractivity contribution in [3.8, 4) is 0 Å². The average molecular weight is 357 g/mol. The number of nitrogens with zero attached hydrogens (tertiary/aromatic N) is 1. The molecular formula is C17H13BrN2O2. The highest BCUT2D eigenvalue weighted by molar-refractivity contribution is 9.10. The van der Waals surface area contributed by atoms with Crippen molar-refractivity contribution >= 4 is 38.6 Å². The first-order chi connectivity index (χ1) is 10.7. The van der Waals surface area contributed by atoms with Crippen molar-refractivity contribution in [1.82, 2.24) is 4.98 Å². The molecule has 22 heavy (non-hydrogen) atoms. The van der Waals surface area contributed by atoms with Gasteiger partial charge in [0.25, 0.3) is 0 Å². The van der Waals surface area contributed by atoms with Crippen molar-refractivity contribution in [2.45, 2.75) is 6.61 Å². The van der Waals surface area contributed by atoms with Crippen molar-refractivity contribution in [2.24, 2.45) is 0 Å². The number of nitrogens with one attached hydrogen (secondary N) is 1. The third-order valence-corrected chi connectivity index (χ3v) is 3.69. The predicted octanol–water partition coefficient (Wildman–Crippen LogP) is 4.75. The summed E-state index contributed by atoms with van der Waals surface area (Å²) in [6.07, 6.45) is 1.23. The van der Waals surface area contributed by atoms with Crippen LogP contribution >= 0.6 is 15.9 Å². The van der Waals surface area contributed by atoms with Crippen LogP contribution < -0.4 is 5.32 Å². The molecule has 1 aromatic heterocycles. The van der Waals surface area contributed by atoms with Crippen LogP contribution in [0.2, 0.25) is 0 Å².